The molecule has 94 valence electrons. The van der Waals surface area contributed by atoms with Gasteiger partial charge in [0.05, 0.1) is 0 Å². The highest BCUT2D eigenvalue weighted by molar-refractivity contribution is 5.81. The number of nitrogens with two attached hydrogens (primary N) is 1. The lowest BCUT2D eigenvalue weighted by molar-refractivity contribution is -0.146. The molecule has 3 unspecified atom stereocenters. The van der Waals surface area contributed by atoms with Crippen molar-refractivity contribution < 1.29 is 9.53 Å². The van der Waals surface area contributed by atoms with Crippen molar-refractivity contribution >= 4 is 5.91 Å². The first-order chi connectivity index (χ1) is 7.63. The lowest BCUT2D eigenvalue weighted by atomic mass is 9.92. The predicted octanol–water partition coefficient (Wildman–Crippen LogP) is 0.997. The van der Waals surface area contributed by atoms with Gasteiger partial charge in [-0.05, 0) is 25.2 Å². The standard InChI is InChI=1S/C12H24N2O2/c1-4-11(16-3)12(15)14-6-5-9(2)7-10(14)8-13/h9-11H,4-8,13H2,1-3H3. The minimum atomic E-state index is -0.303. The van der Waals surface area contributed by atoms with Crippen LogP contribution in [0.1, 0.15) is 33.1 Å². The maximum atomic E-state index is 12.2. The van der Waals surface area contributed by atoms with E-state index in [0.29, 0.717) is 12.5 Å². The van der Waals surface area contributed by atoms with E-state index < -0.39 is 0 Å². The van der Waals surface area contributed by atoms with Crippen LogP contribution >= 0.6 is 0 Å². The summed E-state index contributed by atoms with van der Waals surface area (Å²) in [5, 5.41) is 0. The Kier molecular flexibility index (Phi) is 5.22. The van der Waals surface area contributed by atoms with Crippen LogP contribution < -0.4 is 5.73 Å². The fraction of sp³-hybridized carbons (Fsp3) is 0.917. The lowest BCUT2D eigenvalue weighted by Gasteiger charge is -2.39. The van der Waals surface area contributed by atoms with Crippen molar-refractivity contribution in [2.24, 2.45) is 11.7 Å². The van der Waals surface area contributed by atoms with E-state index in [2.05, 4.69) is 6.92 Å². The van der Waals surface area contributed by atoms with Gasteiger partial charge in [-0.3, -0.25) is 4.79 Å². The number of nitrogens with zero attached hydrogens (tertiary/aromatic N) is 1. The van der Waals surface area contributed by atoms with Crippen LogP contribution in [0.15, 0.2) is 0 Å². The number of rotatable bonds is 4. The summed E-state index contributed by atoms with van der Waals surface area (Å²) >= 11 is 0. The Balaban J connectivity index is 2.66. The minimum absolute atomic E-state index is 0.104. The number of likely N-dealkylation sites (tertiary alicyclic amines) is 1. The second-order valence-corrected chi connectivity index (χ2v) is 4.68. The van der Waals surface area contributed by atoms with Gasteiger partial charge in [-0.25, -0.2) is 0 Å². The van der Waals surface area contributed by atoms with E-state index in [0.717, 1.165) is 25.8 Å². The Morgan fingerprint density at radius 1 is 1.62 bits per heavy atom. The summed E-state index contributed by atoms with van der Waals surface area (Å²) in [5.41, 5.74) is 5.74. The summed E-state index contributed by atoms with van der Waals surface area (Å²) in [6, 6.07) is 0.195. The molecule has 0 aromatic heterocycles. The zero-order chi connectivity index (χ0) is 12.1. The molecule has 0 bridgehead atoms. The molecule has 2 N–H and O–H groups in total. The molecule has 4 nitrogen and oxygen atoms in total. The molecular weight excluding hydrogens is 204 g/mol. The Bertz CT molecular complexity index is 229. The van der Waals surface area contributed by atoms with E-state index in [1.165, 1.54) is 0 Å². The molecule has 3 atom stereocenters. The number of carbonyl (C=O) groups is 1. The highest BCUT2D eigenvalue weighted by Gasteiger charge is 2.32. The third kappa shape index (κ3) is 2.95. The van der Waals surface area contributed by atoms with Crippen molar-refractivity contribution in [3.8, 4) is 0 Å². The summed E-state index contributed by atoms with van der Waals surface area (Å²) in [5.74, 6) is 0.771. The maximum absolute atomic E-state index is 12.2. The second-order valence-electron chi connectivity index (χ2n) is 4.68. The van der Waals surface area contributed by atoms with E-state index in [1.54, 1.807) is 7.11 Å². The maximum Gasteiger partial charge on any atom is 0.251 e. The number of methoxy groups -OCH3 is 1. The Morgan fingerprint density at radius 3 is 2.81 bits per heavy atom. The molecule has 1 saturated heterocycles. The van der Waals surface area contributed by atoms with Crippen LogP contribution in [-0.2, 0) is 9.53 Å². The van der Waals surface area contributed by atoms with Crippen molar-refractivity contribution in [1.82, 2.24) is 4.90 Å². The van der Waals surface area contributed by atoms with Gasteiger partial charge in [-0.1, -0.05) is 13.8 Å². The monoisotopic (exact) mass is 228 g/mol. The van der Waals surface area contributed by atoms with Crippen LogP contribution in [0, 0.1) is 5.92 Å². The van der Waals surface area contributed by atoms with Crippen molar-refractivity contribution in [2.45, 2.75) is 45.3 Å². The molecule has 0 saturated carbocycles. The third-order valence-electron chi connectivity index (χ3n) is 3.46. The van der Waals surface area contributed by atoms with Crippen LogP contribution in [0.4, 0.5) is 0 Å². The summed E-state index contributed by atoms with van der Waals surface area (Å²) < 4.78 is 5.20. The van der Waals surface area contributed by atoms with E-state index in [1.807, 2.05) is 11.8 Å². The van der Waals surface area contributed by atoms with E-state index in [4.69, 9.17) is 10.5 Å². The number of hydrogen-bond acceptors (Lipinski definition) is 3. The molecule has 1 fully saturated rings. The van der Waals surface area contributed by atoms with Gasteiger partial charge in [0.15, 0.2) is 0 Å². The average Bonchev–Trinajstić information content (AvgIpc) is 2.30. The van der Waals surface area contributed by atoms with Gasteiger partial charge in [0.2, 0.25) is 0 Å². The van der Waals surface area contributed by atoms with Gasteiger partial charge in [0, 0.05) is 26.2 Å². The van der Waals surface area contributed by atoms with Crippen molar-refractivity contribution in [2.75, 3.05) is 20.2 Å². The fourth-order valence-corrected chi connectivity index (χ4v) is 2.39. The van der Waals surface area contributed by atoms with E-state index >= 15 is 0 Å². The highest BCUT2D eigenvalue weighted by atomic mass is 16.5. The molecule has 0 aromatic rings. The molecular formula is C12H24N2O2. The molecule has 4 heteroatoms. The fourth-order valence-electron chi connectivity index (χ4n) is 2.39. The molecule has 0 aliphatic carbocycles. The van der Waals surface area contributed by atoms with Crippen LogP contribution in [0.2, 0.25) is 0 Å². The SMILES string of the molecule is CCC(OC)C(=O)N1CCC(C)CC1CN. The van der Waals surface area contributed by atoms with Gasteiger partial charge >= 0.3 is 0 Å². The number of hydrogen-bond donors (Lipinski definition) is 1. The molecule has 0 radical (unpaired) electrons. The minimum Gasteiger partial charge on any atom is -0.372 e. The van der Waals surface area contributed by atoms with Crippen molar-refractivity contribution in [3.63, 3.8) is 0 Å². The molecule has 0 spiro atoms. The zero-order valence-electron chi connectivity index (χ0n) is 10.6. The summed E-state index contributed by atoms with van der Waals surface area (Å²) in [7, 11) is 1.59. The van der Waals surface area contributed by atoms with Gasteiger partial charge in [0.1, 0.15) is 6.10 Å². The van der Waals surface area contributed by atoms with Gasteiger partial charge in [-0.15, -0.1) is 0 Å². The van der Waals surface area contributed by atoms with Crippen molar-refractivity contribution in [3.05, 3.63) is 0 Å². The second kappa shape index (κ2) is 6.21. The average molecular weight is 228 g/mol. The first-order valence-electron chi connectivity index (χ1n) is 6.17. The van der Waals surface area contributed by atoms with Gasteiger partial charge < -0.3 is 15.4 Å². The quantitative estimate of drug-likeness (QED) is 0.781. The summed E-state index contributed by atoms with van der Waals surface area (Å²) in [6.45, 7) is 5.56. The predicted molar refractivity (Wildman–Crippen MR) is 64.0 cm³/mol. The smallest absolute Gasteiger partial charge is 0.251 e. The third-order valence-corrected chi connectivity index (χ3v) is 3.46. The van der Waals surface area contributed by atoms with Crippen molar-refractivity contribution in [1.29, 1.82) is 0 Å². The van der Waals surface area contributed by atoms with Crippen LogP contribution in [0.5, 0.6) is 0 Å². The first kappa shape index (κ1) is 13.5. The number of ether oxygens (including phenoxy) is 1. The number of carbonyl (C=O) groups excluding carboxylic acids is 1. The topological polar surface area (TPSA) is 55.6 Å². The number of piperidine rings is 1. The van der Waals surface area contributed by atoms with Gasteiger partial charge in [-0.2, -0.15) is 0 Å². The lowest BCUT2D eigenvalue weighted by Crippen LogP contribution is -2.52. The summed E-state index contributed by atoms with van der Waals surface area (Å²) in [6.07, 6.45) is 2.51. The highest BCUT2D eigenvalue weighted by Crippen LogP contribution is 2.23. The number of amides is 1. The Hall–Kier alpha value is -0.610. The Morgan fingerprint density at radius 2 is 2.31 bits per heavy atom. The molecule has 0 aromatic carbocycles. The molecule has 1 heterocycles. The molecule has 1 aliphatic rings. The largest absolute Gasteiger partial charge is 0.372 e. The van der Waals surface area contributed by atoms with Crippen LogP contribution in [-0.4, -0.2) is 43.2 Å². The summed E-state index contributed by atoms with van der Waals surface area (Å²) in [4.78, 5) is 14.1. The van der Waals surface area contributed by atoms with Gasteiger partial charge in [0.25, 0.3) is 5.91 Å². The van der Waals surface area contributed by atoms with Crippen LogP contribution in [0.25, 0.3) is 0 Å². The zero-order valence-corrected chi connectivity index (χ0v) is 10.6. The van der Waals surface area contributed by atoms with E-state index in [9.17, 15) is 4.79 Å². The molecule has 1 rings (SSSR count). The molecule has 1 aliphatic heterocycles. The van der Waals surface area contributed by atoms with Crippen LogP contribution in [0.3, 0.4) is 0 Å². The molecule has 1 amide bonds. The normalized spacial score (nSPS) is 27.9. The molecule has 16 heavy (non-hydrogen) atoms. The first-order valence-corrected chi connectivity index (χ1v) is 6.17. The van der Waals surface area contributed by atoms with E-state index in [-0.39, 0.29) is 18.1 Å². The Labute approximate surface area is 98.1 Å².